The zero-order valence-corrected chi connectivity index (χ0v) is 5.84. The number of methoxy groups -OCH3 is 1. The summed E-state index contributed by atoms with van der Waals surface area (Å²) in [4.78, 5) is 21.1. The molecular formula is C6H8O4. The Morgan fingerprint density at radius 3 is 2.60 bits per heavy atom. The minimum Gasteiger partial charge on any atom is -0.466 e. The average Bonchev–Trinajstić information content (AvgIpc) is 1.83. The third-order valence-corrected chi connectivity index (χ3v) is 1.44. The lowest BCUT2D eigenvalue weighted by Crippen LogP contribution is -2.51. The highest BCUT2D eigenvalue weighted by molar-refractivity contribution is 5.92. The Morgan fingerprint density at radius 2 is 2.30 bits per heavy atom. The van der Waals surface area contributed by atoms with Crippen molar-refractivity contribution in [2.24, 2.45) is 0 Å². The molecule has 0 aromatic heterocycles. The maximum Gasteiger partial charge on any atom is 0.350 e. The Labute approximate surface area is 58.1 Å². The van der Waals surface area contributed by atoms with Gasteiger partial charge in [0, 0.05) is 0 Å². The summed E-state index contributed by atoms with van der Waals surface area (Å²) in [6.45, 7) is 1.53. The lowest BCUT2D eigenvalue weighted by atomic mass is 9.97. The van der Waals surface area contributed by atoms with Crippen molar-refractivity contribution in [1.82, 2.24) is 0 Å². The molecule has 1 heterocycles. The summed E-state index contributed by atoms with van der Waals surface area (Å²) in [6, 6.07) is 0. The zero-order chi connectivity index (χ0) is 7.78. The first-order valence-electron chi connectivity index (χ1n) is 2.89. The predicted octanol–water partition coefficient (Wildman–Crippen LogP) is -0.135. The van der Waals surface area contributed by atoms with Crippen molar-refractivity contribution in [3.05, 3.63) is 0 Å². The van der Waals surface area contributed by atoms with Crippen LogP contribution >= 0.6 is 0 Å². The van der Waals surface area contributed by atoms with E-state index in [2.05, 4.69) is 9.47 Å². The Morgan fingerprint density at radius 1 is 1.80 bits per heavy atom. The summed E-state index contributed by atoms with van der Waals surface area (Å²) in [6.07, 6.45) is 0.125. The molecule has 4 nitrogen and oxygen atoms in total. The van der Waals surface area contributed by atoms with Crippen LogP contribution in [0.4, 0.5) is 0 Å². The molecule has 0 saturated carbocycles. The molecule has 0 aromatic rings. The molecule has 10 heavy (non-hydrogen) atoms. The molecule has 1 fully saturated rings. The van der Waals surface area contributed by atoms with Crippen LogP contribution in [0, 0.1) is 0 Å². The molecule has 4 heteroatoms. The van der Waals surface area contributed by atoms with Crippen molar-refractivity contribution in [2.45, 2.75) is 18.9 Å². The van der Waals surface area contributed by atoms with Crippen LogP contribution < -0.4 is 0 Å². The summed E-state index contributed by atoms with van der Waals surface area (Å²) in [5.41, 5.74) is -1.01. The number of esters is 2. The summed E-state index contributed by atoms with van der Waals surface area (Å²) in [5.74, 6) is -0.847. The van der Waals surface area contributed by atoms with Crippen molar-refractivity contribution in [3.63, 3.8) is 0 Å². The van der Waals surface area contributed by atoms with Crippen molar-refractivity contribution in [2.75, 3.05) is 7.11 Å². The van der Waals surface area contributed by atoms with Crippen LogP contribution in [0.5, 0.6) is 0 Å². The number of carbonyl (C=O) groups excluding carboxylic acids is 2. The number of hydrogen-bond acceptors (Lipinski definition) is 4. The molecule has 0 amide bonds. The third kappa shape index (κ3) is 0.853. The Hall–Kier alpha value is -1.06. The Balaban J connectivity index is 2.56. The molecule has 1 aliphatic rings. The third-order valence-electron chi connectivity index (χ3n) is 1.44. The fraction of sp³-hybridized carbons (Fsp3) is 0.667. The number of ether oxygens (including phenoxy) is 2. The van der Waals surface area contributed by atoms with Gasteiger partial charge >= 0.3 is 11.9 Å². The first-order chi connectivity index (χ1) is 4.58. The van der Waals surface area contributed by atoms with E-state index in [0.717, 1.165) is 0 Å². The highest BCUT2D eigenvalue weighted by atomic mass is 16.6. The van der Waals surface area contributed by atoms with Crippen LogP contribution in [0.1, 0.15) is 13.3 Å². The van der Waals surface area contributed by atoms with E-state index in [1.165, 1.54) is 14.0 Å². The fourth-order valence-corrected chi connectivity index (χ4v) is 0.848. The number of cyclic esters (lactones) is 1. The maximum absolute atomic E-state index is 10.8. The predicted molar refractivity (Wildman–Crippen MR) is 31.1 cm³/mol. The van der Waals surface area contributed by atoms with E-state index < -0.39 is 11.6 Å². The van der Waals surface area contributed by atoms with Crippen LogP contribution in [-0.4, -0.2) is 24.6 Å². The molecule has 1 unspecified atom stereocenters. The van der Waals surface area contributed by atoms with Gasteiger partial charge in [0.25, 0.3) is 0 Å². The fourth-order valence-electron chi connectivity index (χ4n) is 0.848. The molecule has 0 radical (unpaired) electrons. The first-order valence-corrected chi connectivity index (χ1v) is 2.89. The van der Waals surface area contributed by atoms with E-state index >= 15 is 0 Å². The van der Waals surface area contributed by atoms with Crippen LogP contribution in [0.2, 0.25) is 0 Å². The molecule has 0 spiro atoms. The van der Waals surface area contributed by atoms with Gasteiger partial charge in [-0.05, 0) is 6.92 Å². The van der Waals surface area contributed by atoms with Crippen molar-refractivity contribution >= 4 is 11.9 Å². The van der Waals surface area contributed by atoms with Gasteiger partial charge < -0.3 is 9.47 Å². The monoisotopic (exact) mass is 144 g/mol. The summed E-state index contributed by atoms with van der Waals surface area (Å²) < 4.78 is 8.96. The molecule has 1 atom stereocenters. The first kappa shape index (κ1) is 7.05. The second kappa shape index (κ2) is 1.97. The molecule has 1 aliphatic heterocycles. The van der Waals surface area contributed by atoms with Gasteiger partial charge in [-0.15, -0.1) is 0 Å². The van der Waals surface area contributed by atoms with Gasteiger partial charge in [-0.3, -0.25) is 4.79 Å². The van der Waals surface area contributed by atoms with Crippen LogP contribution in [0.15, 0.2) is 0 Å². The number of rotatable bonds is 1. The SMILES string of the molecule is COC(=O)C1(C)CC(=O)O1. The Bertz CT molecular complexity index is 176. The summed E-state index contributed by atoms with van der Waals surface area (Å²) in [7, 11) is 1.26. The number of hydrogen-bond donors (Lipinski definition) is 0. The highest BCUT2D eigenvalue weighted by Crippen LogP contribution is 2.27. The lowest BCUT2D eigenvalue weighted by Gasteiger charge is -2.33. The highest BCUT2D eigenvalue weighted by Gasteiger charge is 2.49. The smallest absolute Gasteiger partial charge is 0.350 e. The topological polar surface area (TPSA) is 52.6 Å². The summed E-state index contributed by atoms with van der Waals surface area (Å²) in [5, 5.41) is 0. The minimum atomic E-state index is -1.01. The largest absolute Gasteiger partial charge is 0.466 e. The molecule has 0 N–H and O–H groups in total. The van der Waals surface area contributed by atoms with Gasteiger partial charge in [-0.1, -0.05) is 0 Å². The lowest BCUT2D eigenvalue weighted by molar-refractivity contribution is -0.202. The van der Waals surface area contributed by atoms with Crippen LogP contribution in [-0.2, 0) is 19.1 Å². The molecule has 56 valence electrons. The zero-order valence-electron chi connectivity index (χ0n) is 5.84. The van der Waals surface area contributed by atoms with E-state index in [4.69, 9.17) is 0 Å². The quantitative estimate of drug-likeness (QED) is 0.481. The maximum atomic E-state index is 10.8. The molecule has 0 aromatic carbocycles. The van der Waals surface area contributed by atoms with Gasteiger partial charge in [0.15, 0.2) is 0 Å². The Kier molecular flexibility index (Phi) is 1.39. The van der Waals surface area contributed by atoms with Crippen molar-refractivity contribution in [1.29, 1.82) is 0 Å². The van der Waals surface area contributed by atoms with E-state index in [9.17, 15) is 9.59 Å². The van der Waals surface area contributed by atoms with Gasteiger partial charge in [-0.2, -0.15) is 0 Å². The van der Waals surface area contributed by atoms with Crippen molar-refractivity contribution in [3.8, 4) is 0 Å². The second-order valence-corrected chi connectivity index (χ2v) is 2.37. The van der Waals surface area contributed by atoms with Gasteiger partial charge in [0.2, 0.25) is 5.60 Å². The van der Waals surface area contributed by atoms with Crippen molar-refractivity contribution < 1.29 is 19.1 Å². The minimum absolute atomic E-state index is 0.125. The molecule has 1 rings (SSSR count). The second-order valence-electron chi connectivity index (χ2n) is 2.37. The van der Waals surface area contributed by atoms with E-state index in [1.54, 1.807) is 0 Å². The summed E-state index contributed by atoms with van der Waals surface area (Å²) >= 11 is 0. The van der Waals surface area contributed by atoms with Crippen LogP contribution in [0.3, 0.4) is 0 Å². The molecule has 0 aliphatic carbocycles. The molecule has 1 saturated heterocycles. The van der Waals surface area contributed by atoms with E-state index in [0.29, 0.717) is 0 Å². The number of carbonyl (C=O) groups is 2. The normalized spacial score (nSPS) is 30.4. The van der Waals surface area contributed by atoms with E-state index in [-0.39, 0.29) is 12.4 Å². The molecule has 0 bridgehead atoms. The van der Waals surface area contributed by atoms with Gasteiger partial charge in [0.1, 0.15) is 0 Å². The standard InChI is InChI=1S/C6H8O4/c1-6(5(8)9-2)3-4(7)10-6/h3H2,1-2H3. The van der Waals surface area contributed by atoms with Gasteiger partial charge in [-0.25, -0.2) is 4.79 Å². The van der Waals surface area contributed by atoms with Crippen LogP contribution in [0.25, 0.3) is 0 Å². The molecular weight excluding hydrogens is 136 g/mol. The average molecular weight is 144 g/mol. The van der Waals surface area contributed by atoms with Gasteiger partial charge in [0.05, 0.1) is 13.5 Å². The van der Waals surface area contributed by atoms with E-state index in [1.807, 2.05) is 0 Å².